The first kappa shape index (κ1) is 18.8. The minimum absolute atomic E-state index is 0.0901. The zero-order valence-corrected chi connectivity index (χ0v) is 16.7. The Labute approximate surface area is 171 Å². The molecule has 4 aromatic rings. The highest BCUT2D eigenvalue weighted by atomic mass is 32.1. The van der Waals surface area contributed by atoms with Gasteiger partial charge < -0.3 is 0 Å². The van der Waals surface area contributed by atoms with Gasteiger partial charge in [0, 0.05) is 11.6 Å². The smallest absolute Gasteiger partial charge is 0.267 e. The molecular formula is C21H19N5O2S. The van der Waals surface area contributed by atoms with E-state index in [1.807, 2.05) is 37.4 Å². The van der Waals surface area contributed by atoms with Crippen molar-refractivity contribution in [3.05, 3.63) is 71.2 Å². The van der Waals surface area contributed by atoms with Gasteiger partial charge in [-0.15, -0.1) is 11.3 Å². The Hall–Kier alpha value is -3.52. The third-order valence-electron chi connectivity index (χ3n) is 4.40. The molecule has 0 aliphatic carbocycles. The molecule has 3 heterocycles. The van der Waals surface area contributed by atoms with Crippen molar-refractivity contribution in [2.45, 2.75) is 19.9 Å². The number of aromatic nitrogens is 3. The van der Waals surface area contributed by atoms with E-state index in [2.05, 4.69) is 16.0 Å². The molecule has 0 fully saturated rings. The molecule has 1 aromatic carbocycles. The second-order valence-corrected chi connectivity index (χ2v) is 7.67. The average molecular weight is 405 g/mol. The van der Waals surface area contributed by atoms with Crippen LogP contribution >= 0.6 is 11.3 Å². The number of hydrogen-bond donors (Lipinski definition) is 2. The lowest BCUT2D eigenvalue weighted by Gasteiger charge is -2.11. The first-order valence-electron chi connectivity index (χ1n) is 9.12. The average Bonchev–Trinajstić information content (AvgIpc) is 3.41. The second kappa shape index (κ2) is 7.84. The van der Waals surface area contributed by atoms with Gasteiger partial charge in [-0.3, -0.25) is 20.4 Å². The zero-order chi connectivity index (χ0) is 20.4. The molecule has 0 aliphatic heterocycles. The van der Waals surface area contributed by atoms with Crippen LogP contribution in [0.1, 0.15) is 40.6 Å². The molecule has 0 bridgehead atoms. The van der Waals surface area contributed by atoms with Gasteiger partial charge in [-0.2, -0.15) is 5.10 Å². The van der Waals surface area contributed by atoms with E-state index in [1.165, 1.54) is 0 Å². The summed E-state index contributed by atoms with van der Waals surface area (Å²) in [5.74, 6) is -0.816. The molecule has 0 saturated heterocycles. The van der Waals surface area contributed by atoms with Crippen LogP contribution in [-0.2, 0) is 0 Å². The first-order chi connectivity index (χ1) is 14.0. The van der Waals surface area contributed by atoms with Gasteiger partial charge in [0.1, 0.15) is 0 Å². The van der Waals surface area contributed by atoms with Crippen molar-refractivity contribution >= 4 is 34.2 Å². The number of thiophene rings is 1. The van der Waals surface area contributed by atoms with Crippen LogP contribution in [0.4, 0.5) is 0 Å². The lowest BCUT2D eigenvalue weighted by atomic mass is 10.1. The number of carbonyl (C=O) groups is 2. The summed E-state index contributed by atoms with van der Waals surface area (Å²) in [5, 5.41) is 6.98. The third-order valence-corrected chi connectivity index (χ3v) is 5.29. The second-order valence-electron chi connectivity index (χ2n) is 6.73. The number of pyridine rings is 1. The fraction of sp³-hybridized carbons (Fsp3) is 0.143. The van der Waals surface area contributed by atoms with Crippen LogP contribution < -0.4 is 10.9 Å². The van der Waals surface area contributed by atoms with Crippen molar-refractivity contribution in [1.29, 1.82) is 0 Å². The predicted molar refractivity (Wildman–Crippen MR) is 113 cm³/mol. The summed E-state index contributed by atoms with van der Waals surface area (Å²) in [6, 6.07) is 14.4. The number of carbonyl (C=O) groups excluding carboxylic acids is 2. The number of fused-ring (bicyclic) bond motifs is 1. The molecule has 3 aromatic heterocycles. The van der Waals surface area contributed by atoms with E-state index in [1.54, 1.807) is 52.5 Å². The lowest BCUT2D eigenvalue weighted by Crippen LogP contribution is -2.41. The SMILES string of the molecule is CC(C)n1ncc2c(C(=O)NNC(=O)c3ccccc3)cc(-c3cccs3)nc21. The number of rotatable bonds is 4. The lowest BCUT2D eigenvalue weighted by molar-refractivity contribution is 0.0847. The van der Waals surface area contributed by atoms with E-state index >= 15 is 0 Å². The minimum Gasteiger partial charge on any atom is -0.267 e. The summed E-state index contributed by atoms with van der Waals surface area (Å²) < 4.78 is 1.78. The molecule has 2 amide bonds. The van der Waals surface area contributed by atoms with Crippen LogP contribution in [0, 0.1) is 0 Å². The van der Waals surface area contributed by atoms with Crippen molar-refractivity contribution in [3.8, 4) is 10.6 Å². The first-order valence-corrected chi connectivity index (χ1v) is 10.0. The Morgan fingerprint density at radius 1 is 1.03 bits per heavy atom. The van der Waals surface area contributed by atoms with Gasteiger partial charge in [-0.1, -0.05) is 24.3 Å². The fourth-order valence-corrected chi connectivity index (χ4v) is 3.66. The Balaban J connectivity index is 1.68. The van der Waals surface area contributed by atoms with Crippen LogP contribution in [0.25, 0.3) is 21.6 Å². The van der Waals surface area contributed by atoms with E-state index in [-0.39, 0.29) is 11.9 Å². The molecule has 146 valence electrons. The van der Waals surface area contributed by atoms with Gasteiger partial charge in [0.2, 0.25) is 0 Å². The summed E-state index contributed by atoms with van der Waals surface area (Å²) in [4.78, 5) is 30.8. The van der Waals surface area contributed by atoms with Crippen LogP contribution in [0.5, 0.6) is 0 Å². The van der Waals surface area contributed by atoms with Crippen LogP contribution in [0.3, 0.4) is 0 Å². The van der Waals surface area contributed by atoms with Crippen molar-refractivity contribution in [3.63, 3.8) is 0 Å². The van der Waals surface area contributed by atoms with Crippen molar-refractivity contribution < 1.29 is 9.59 Å². The minimum atomic E-state index is -0.428. The van der Waals surface area contributed by atoms with Crippen molar-refractivity contribution in [1.82, 2.24) is 25.6 Å². The number of benzene rings is 1. The van der Waals surface area contributed by atoms with Gasteiger partial charge in [-0.25, -0.2) is 9.67 Å². The normalized spacial score (nSPS) is 11.0. The molecule has 0 spiro atoms. The Morgan fingerprint density at radius 2 is 1.79 bits per heavy atom. The Morgan fingerprint density at radius 3 is 2.48 bits per heavy atom. The number of hydrogen-bond acceptors (Lipinski definition) is 5. The Bertz CT molecular complexity index is 1170. The largest absolute Gasteiger partial charge is 0.270 e. The Kier molecular flexibility index (Phi) is 5.09. The molecule has 0 aliphatic rings. The van der Waals surface area contributed by atoms with Crippen molar-refractivity contribution in [2.75, 3.05) is 0 Å². The van der Waals surface area contributed by atoms with Gasteiger partial charge in [0.25, 0.3) is 11.8 Å². The topological polar surface area (TPSA) is 88.9 Å². The quantitative estimate of drug-likeness (QED) is 0.505. The molecule has 0 saturated carbocycles. The highest BCUT2D eigenvalue weighted by Gasteiger charge is 2.19. The molecule has 29 heavy (non-hydrogen) atoms. The standard InChI is InChI=1S/C21H19N5O2S/c1-13(2)26-19-16(12-22-26)15(11-17(23-19)18-9-6-10-29-18)21(28)25-24-20(27)14-7-4-3-5-8-14/h3-13H,1-2H3,(H,24,27)(H,25,28). The third kappa shape index (κ3) is 3.74. The fourth-order valence-electron chi connectivity index (χ4n) is 2.98. The van der Waals surface area contributed by atoms with Gasteiger partial charge in [0.05, 0.1) is 27.7 Å². The van der Waals surface area contributed by atoms with Crippen molar-refractivity contribution in [2.24, 2.45) is 0 Å². The van der Waals surface area contributed by atoms with E-state index in [0.29, 0.717) is 27.9 Å². The summed E-state index contributed by atoms with van der Waals surface area (Å²) >= 11 is 1.54. The van der Waals surface area contributed by atoms with E-state index in [9.17, 15) is 9.59 Å². The summed E-state index contributed by atoms with van der Waals surface area (Å²) in [5.41, 5.74) is 7.14. The van der Waals surface area contributed by atoms with E-state index in [0.717, 1.165) is 4.88 Å². The van der Waals surface area contributed by atoms with Crippen LogP contribution in [0.15, 0.2) is 60.1 Å². The monoisotopic (exact) mass is 405 g/mol. The maximum absolute atomic E-state index is 12.9. The maximum atomic E-state index is 12.9. The molecule has 0 unspecified atom stereocenters. The zero-order valence-electron chi connectivity index (χ0n) is 15.9. The van der Waals surface area contributed by atoms with Crippen LogP contribution in [0.2, 0.25) is 0 Å². The molecule has 0 radical (unpaired) electrons. The number of amides is 2. The maximum Gasteiger partial charge on any atom is 0.270 e. The van der Waals surface area contributed by atoms with Crippen LogP contribution in [-0.4, -0.2) is 26.6 Å². The number of nitrogens with one attached hydrogen (secondary N) is 2. The number of nitrogens with zero attached hydrogens (tertiary/aromatic N) is 3. The van der Waals surface area contributed by atoms with Gasteiger partial charge in [0.15, 0.2) is 5.65 Å². The molecule has 4 rings (SSSR count). The molecule has 0 atom stereocenters. The summed E-state index contributed by atoms with van der Waals surface area (Å²) in [6.45, 7) is 4.01. The summed E-state index contributed by atoms with van der Waals surface area (Å²) in [6.07, 6.45) is 1.63. The molecule has 7 nitrogen and oxygen atoms in total. The molecule has 8 heteroatoms. The molecular weight excluding hydrogens is 386 g/mol. The van der Waals surface area contributed by atoms with E-state index in [4.69, 9.17) is 4.98 Å². The van der Waals surface area contributed by atoms with E-state index < -0.39 is 5.91 Å². The molecule has 2 N–H and O–H groups in total. The van der Waals surface area contributed by atoms with Gasteiger partial charge in [-0.05, 0) is 43.5 Å². The highest BCUT2D eigenvalue weighted by molar-refractivity contribution is 7.13. The predicted octanol–water partition coefficient (Wildman–Crippen LogP) is 3.82. The summed E-state index contributed by atoms with van der Waals surface area (Å²) in [7, 11) is 0. The number of hydrazine groups is 1. The van der Waals surface area contributed by atoms with Gasteiger partial charge >= 0.3 is 0 Å². The highest BCUT2D eigenvalue weighted by Crippen LogP contribution is 2.28.